The molecule has 2 aliphatic heterocycles. The van der Waals surface area contributed by atoms with Gasteiger partial charge in [0.05, 0.1) is 10.6 Å². The van der Waals surface area contributed by atoms with Gasteiger partial charge in [0.2, 0.25) is 15.9 Å². The van der Waals surface area contributed by atoms with Crippen LogP contribution in [-0.4, -0.2) is 43.2 Å². The lowest BCUT2D eigenvalue weighted by Crippen LogP contribution is -2.43. The van der Waals surface area contributed by atoms with Crippen LogP contribution in [0.1, 0.15) is 25.3 Å². The molecule has 0 unspecified atom stereocenters. The van der Waals surface area contributed by atoms with Gasteiger partial charge >= 0.3 is 0 Å². The van der Waals surface area contributed by atoms with E-state index in [0.29, 0.717) is 35.0 Å². The largest absolute Gasteiger partial charge is 0.479 e. The molecule has 4 rings (SSSR count). The first-order valence-electron chi connectivity index (χ1n) is 9.87. The summed E-state index contributed by atoms with van der Waals surface area (Å²) in [6.07, 6.45) is 0.318. The van der Waals surface area contributed by atoms with Crippen molar-refractivity contribution in [2.75, 3.05) is 17.2 Å². The molecule has 2 aromatic rings. The maximum absolute atomic E-state index is 13.3. The van der Waals surface area contributed by atoms with Crippen molar-refractivity contribution in [3.63, 3.8) is 0 Å². The molecule has 1 saturated heterocycles. The number of ether oxygens (including phenoxy) is 1. The second-order valence-electron chi connectivity index (χ2n) is 7.63. The molecular weight excluding hydrogens is 442 g/mol. The van der Waals surface area contributed by atoms with Crippen LogP contribution in [0.4, 0.5) is 11.4 Å². The number of carbonyl (C=O) groups is 2. The first-order valence-corrected chi connectivity index (χ1v) is 11.7. The fourth-order valence-electron chi connectivity index (χ4n) is 3.67. The van der Waals surface area contributed by atoms with Gasteiger partial charge in [0.1, 0.15) is 11.8 Å². The molecule has 0 saturated carbocycles. The van der Waals surface area contributed by atoms with Crippen molar-refractivity contribution in [2.24, 2.45) is 0 Å². The summed E-state index contributed by atoms with van der Waals surface area (Å²) in [6, 6.07) is 8.60. The number of hydrogen-bond donors (Lipinski definition) is 2. The van der Waals surface area contributed by atoms with Crippen molar-refractivity contribution in [3.05, 3.63) is 47.0 Å². The summed E-state index contributed by atoms with van der Waals surface area (Å²) in [5, 5.41) is 5.93. The Bertz CT molecular complexity index is 1170. The van der Waals surface area contributed by atoms with Gasteiger partial charge in [0, 0.05) is 17.3 Å². The third-order valence-electron chi connectivity index (χ3n) is 5.43. The fourth-order valence-corrected chi connectivity index (χ4v) is 5.53. The Balaban J connectivity index is 1.57. The molecule has 2 aliphatic rings. The average Bonchev–Trinajstić information content (AvgIpc) is 3.22. The van der Waals surface area contributed by atoms with Crippen LogP contribution in [-0.2, 0) is 19.6 Å². The van der Waals surface area contributed by atoms with Crippen molar-refractivity contribution in [2.45, 2.75) is 43.7 Å². The van der Waals surface area contributed by atoms with Crippen LogP contribution < -0.4 is 15.4 Å². The van der Waals surface area contributed by atoms with Crippen molar-refractivity contribution in [3.8, 4) is 5.75 Å². The van der Waals surface area contributed by atoms with E-state index in [0.717, 1.165) is 5.56 Å². The third-order valence-corrected chi connectivity index (χ3v) is 7.75. The molecule has 2 aromatic carbocycles. The number of halogens is 1. The van der Waals surface area contributed by atoms with E-state index in [1.54, 1.807) is 25.1 Å². The Morgan fingerprint density at radius 2 is 2.03 bits per heavy atom. The third kappa shape index (κ3) is 4.13. The Kier molecular flexibility index (Phi) is 5.67. The number of rotatable bonds is 4. The number of fused-ring (bicyclic) bond motifs is 1. The van der Waals surface area contributed by atoms with Gasteiger partial charge in [-0.25, -0.2) is 8.42 Å². The molecule has 0 spiro atoms. The molecule has 2 amide bonds. The molecule has 31 heavy (non-hydrogen) atoms. The highest BCUT2D eigenvalue weighted by Crippen LogP contribution is 2.34. The number of carbonyl (C=O) groups excluding carboxylic acids is 2. The number of aryl methyl sites for hydroxylation is 1. The summed E-state index contributed by atoms with van der Waals surface area (Å²) in [4.78, 5) is 24.7. The van der Waals surface area contributed by atoms with Crippen molar-refractivity contribution < 1.29 is 22.7 Å². The first-order chi connectivity index (χ1) is 14.7. The predicted molar refractivity (Wildman–Crippen MR) is 117 cm³/mol. The van der Waals surface area contributed by atoms with E-state index in [-0.39, 0.29) is 17.3 Å². The van der Waals surface area contributed by atoms with Crippen LogP contribution in [0, 0.1) is 6.92 Å². The quantitative estimate of drug-likeness (QED) is 0.724. The van der Waals surface area contributed by atoms with E-state index in [9.17, 15) is 18.0 Å². The van der Waals surface area contributed by atoms with Crippen LogP contribution >= 0.6 is 11.6 Å². The van der Waals surface area contributed by atoms with E-state index < -0.39 is 28.1 Å². The Morgan fingerprint density at radius 3 is 2.77 bits per heavy atom. The van der Waals surface area contributed by atoms with Gasteiger partial charge in [-0.2, -0.15) is 4.31 Å². The molecule has 1 fully saturated rings. The average molecular weight is 464 g/mol. The lowest BCUT2D eigenvalue weighted by atomic mass is 10.2. The molecule has 0 aromatic heterocycles. The number of anilines is 2. The van der Waals surface area contributed by atoms with Crippen LogP contribution in [0.25, 0.3) is 0 Å². The zero-order valence-corrected chi connectivity index (χ0v) is 18.6. The number of hydrogen-bond acceptors (Lipinski definition) is 5. The van der Waals surface area contributed by atoms with E-state index >= 15 is 0 Å². The van der Waals surface area contributed by atoms with Gasteiger partial charge in [0.15, 0.2) is 6.10 Å². The number of benzene rings is 2. The van der Waals surface area contributed by atoms with Crippen LogP contribution in [0.3, 0.4) is 0 Å². The number of nitrogens with zero attached hydrogens (tertiary/aromatic N) is 1. The second kappa shape index (κ2) is 8.14. The first kappa shape index (κ1) is 21.6. The van der Waals surface area contributed by atoms with Crippen molar-refractivity contribution in [1.29, 1.82) is 0 Å². The lowest BCUT2D eigenvalue weighted by Gasteiger charge is -2.26. The van der Waals surface area contributed by atoms with Gasteiger partial charge in [-0.3, -0.25) is 9.59 Å². The second-order valence-corrected chi connectivity index (χ2v) is 9.93. The Labute approximate surface area is 185 Å². The van der Waals surface area contributed by atoms with Crippen LogP contribution in [0.5, 0.6) is 5.75 Å². The van der Waals surface area contributed by atoms with E-state index in [1.807, 2.05) is 6.92 Å². The summed E-state index contributed by atoms with van der Waals surface area (Å²) in [6.45, 7) is 3.69. The number of amides is 2. The van der Waals surface area contributed by atoms with Crippen molar-refractivity contribution in [1.82, 2.24) is 4.31 Å². The van der Waals surface area contributed by atoms with Crippen molar-refractivity contribution >= 4 is 44.8 Å². The van der Waals surface area contributed by atoms with Gasteiger partial charge < -0.3 is 15.4 Å². The Hall–Kier alpha value is -2.62. The molecule has 2 heterocycles. The summed E-state index contributed by atoms with van der Waals surface area (Å²) >= 11 is 6.12. The lowest BCUT2D eigenvalue weighted by molar-refractivity contribution is -0.122. The highest BCUT2D eigenvalue weighted by Gasteiger charge is 2.40. The van der Waals surface area contributed by atoms with Gasteiger partial charge in [-0.1, -0.05) is 17.7 Å². The summed E-state index contributed by atoms with van der Waals surface area (Å²) in [5.74, 6) is -0.361. The summed E-state index contributed by atoms with van der Waals surface area (Å²) < 4.78 is 33.3. The molecule has 10 heteroatoms. The van der Waals surface area contributed by atoms with E-state index in [2.05, 4.69) is 10.6 Å². The highest BCUT2D eigenvalue weighted by molar-refractivity contribution is 7.89. The molecule has 2 atom stereocenters. The molecule has 0 radical (unpaired) electrons. The van der Waals surface area contributed by atoms with Gasteiger partial charge in [-0.05, 0) is 62.6 Å². The highest BCUT2D eigenvalue weighted by atomic mass is 35.5. The number of nitrogens with one attached hydrogen (secondary N) is 2. The topological polar surface area (TPSA) is 105 Å². The van der Waals surface area contributed by atoms with Gasteiger partial charge in [-0.15, -0.1) is 0 Å². The Morgan fingerprint density at radius 1 is 1.26 bits per heavy atom. The van der Waals surface area contributed by atoms with Gasteiger partial charge in [0.25, 0.3) is 5.91 Å². The maximum atomic E-state index is 13.3. The minimum absolute atomic E-state index is 0.0113. The summed E-state index contributed by atoms with van der Waals surface area (Å²) in [7, 11) is -3.96. The van der Waals surface area contributed by atoms with E-state index in [4.69, 9.17) is 16.3 Å². The fraction of sp³-hybridized carbons (Fsp3) is 0.333. The minimum atomic E-state index is -3.96. The van der Waals surface area contributed by atoms with Crippen LogP contribution in [0.15, 0.2) is 41.3 Å². The molecule has 0 bridgehead atoms. The number of sulfonamides is 1. The van der Waals surface area contributed by atoms with Crippen LogP contribution in [0.2, 0.25) is 5.02 Å². The molecule has 164 valence electrons. The smallest absolute Gasteiger partial charge is 0.265 e. The predicted octanol–water partition coefficient (Wildman–Crippen LogP) is 3.16. The molecule has 2 N–H and O–H groups in total. The minimum Gasteiger partial charge on any atom is -0.479 e. The normalized spacial score (nSPS) is 21.2. The van der Waals surface area contributed by atoms with E-state index in [1.165, 1.54) is 22.5 Å². The zero-order chi connectivity index (χ0) is 22.3. The summed E-state index contributed by atoms with van der Waals surface area (Å²) in [5.41, 5.74) is 1.67. The molecule has 0 aliphatic carbocycles. The zero-order valence-electron chi connectivity index (χ0n) is 17.0. The SMILES string of the molecule is Cc1ccc(NC(=O)[C@H]2CCCN2S(=O)(=O)c2ccc3c(c2)NC(=O)[C@H](C)O3)cc1Cl. The monoisotopic (exact) mass is 463 g/mol. The molecule has 8 nitrogen and oxygen atoms in total. The molecular formula is C21H22ClN3O5S. The maximum Gasteiger partial charge on any atom is 0.265 e. The standard InChI is InChI=1S/C21H22ClN3O5S/c1-12-5-6-14(10-16(12)22)23-21(27)18-4-3-9-25(18)31(28,29)15-7-8-19-17(11-15)24-20(26)13(2)30-19/h5-8,10-11,13,18H,3-4,9H2,1-2H3,(H,23,27)(H,24,26)/t13-,18+/m0/s1.